The molecule has 2 aliphatic rings. The third-order valence-electron chi connectivity index (χ3n) is 6.84. The van der Waals surface area contributed by atoms with E-state index in [0.29, 0.717) is 35.8 Å². The number of methoxy groups -OCH3 is 4. The number of nitrogens with one attached hydrogen (secondary N) is 1. The Morgan fingerprint density at radius 3 is 2.34 bits per heavy atom. The number of allylic oxidation sites excluding steroid dienone is 2. The van der Waals surface area contributed by atoms with E-state index in [4.69, 9.17) is 18.9 Å². The van der Waals surface area contributed by atoms with Crippen LogP contribution in [0.5, 0.6) is 23.0 Å². The quantitative estimate of drug-likeness (QED) is 0.536. The van der Waals surface area contributed by atoms with Crippen LogP contribution >= 0.6 is 0 Å². The second kappa shape index (κ2) is 9.33. The summed E-state index contributed by atoms with van der Waals surface area (Å²) >= 11 is 0. The Morgan fingerprint density at radius 1 is 0.857 bits per heavy atom. The SMILES string of the molecule is COc1cc2c(c(OC)c1)C(c1cccnc1)C1=C(CC(c3ccc(OC)c(OC)c3)CC1=O)N2. The van der Waals surface area contributed by atoms with Crippen molar-refractivity contribution in [2.24, 2.45) is 0 Å². The van der Waals surface area contributed by atoms with E-state index in [1.807, 2.05) is 48.7 Å². The smallest absolute Gasteiger partial charge is 0.162 e. The molecule has 180 valence electrons. The summed E-state index contributed by atoms with van der Waals surface area (Å²) in [5.74, 6) is 2.51. The lowest BCUT2D eigenvalue weighted by atomic mass is 9.72. The van der Waals surface area contributed by atoms with Gasteiger partial charge in [-0.1, -0.05) is 12.1 Å². The number of carbonyl (C=O) groups is 1. The molecular weight excluding hydrogens is 444 g/mol. The number of pyridine rings is 1. The zero-order chi connectivity index (χ0) is 24.5. The van der Waals surface area contributed by atoms with Gasteiger partial charge in [-0.25, -0.2) is 0 Å². The molecule has 0 spiro atoms. The minimum absolute atomic E-state index is 0.0113. The van der Waals surface area contributed by atoms with Gasteiger partial charge in [0.15, 0.2) is 17.3 Å². The van der Waals surface area contributed by atoms with Crippen LogP contribution in [-0.2, 0) is 4.79 Å². The number of nitrogens with zero attached hydrogens (tertiary/aromatic N) is 1. The maximum atomic E-state index is 13.8. The van der Waals surface area contributed by atoms with E-state index in [-0.39, 0.29) is 17.6 Å². The lowest BCUT2D eigenvalue weighted by Gasteiger charge is -2.37. The first-order valence-electron chi connectivity index (χ1n) is 11.5. The number of hydrogen-bond acceptors (Lipinski definition) is 7. The highest BCUT2D eigenvalue weighted by atomic mass is 16.5. The van der Waals surface area contributed by atoms with Gasteiger partial charge in [0.2, 0.25) is 0 Å². The lowest BCUT2D eigenvalue weighted by Crippen LogP contribution is -2.30. The Labute approximate surface area is 204 Å². The van der Waals surface area contributed by atoms with Crippen LogP contribution in [0, 0.1) is 0 Å². The maximum absolute atomic E-state index is 13.8. The Kier molecular flexibility index (Phi) is 6.07. The fourth-order valence-electron chi connectivity index (χ4n) is 5.20. The Balaban J connectivity index is 1.63. The fourth-order valence-corrected chi connectivity index (χ4v) is 5.20. The first-order chi connectivity index (χ1) is 17.1. The van der Waals surface area contributed by atoms with E-state index in [0.717, 1.165) is 33.6 Å². The van der Waals surface area contributed by atoms with Gasteiger partial charge in [-0.15, -0.1) is 0 Å². The summed E-state index contributed by atoms with van der Waals surface area (Å²) in [6, 6.07) is 13.6. The normalized spacial score (nSPS) is 18.8. The third kappa shape index (κ3) is 3.97. The number of fused-ring (bicyclic) bond motifs is 1. The van der Waals surface area contributed by atoms with E-state index in [1.165, 1.54) is 0 Å². The number of rotatable bonds is 6. The Hall–Kier alpha value is -4.00. The monoisotopic (exact) mass is 472 g/mol. The Bertz CT molecular complexity index is 1300. The van der Waals surface area contributed by atoms with Crippen LogP contribution in [0.15, 0.2) is 66.1 Å². The van der Waals surface area contributed by atoms with Gasteiger partial charge in [0.05, 0.1) is 28.4 Å². The molecule has 1 aromatic heterocycles. The number of hydrogen-bond donors (Lipinski definition) is 1. The van der Waals surface area contributed by atoms with Crippen molar-refractivity contribution in [2.75, 3.05) is 33.8 Å². The number of Topliss-reactive ketones (excluding diaryl/α,β-unsaturated/α-hetero) is 1. The molecule has 35 heavy (non-hydrogen) atoms. The molecule has 2 aromatic carbocycles. The molecule has 1 aliphatic carbocycles. The van der Waals surface area contributed by atoms with Crippen LogP contribution in [0.2, 0.25) is 0 Å². The van der Waals surface area contributed by atoms with Gasteiger partial charge in [-0.2, -0.15) is 0 Å². The van der Waals surface area contributed by atoms with Crippen molar-refractivity contribution >= 4 is 11.5 Å². The van der Waals surface area contributed by atoms with Gasteiger partial charge < -0.3 is 24.3 Å². The molecule has 0 radical (unpaired) electrons. The summed E-state index contributed by atoms with van der Waals surface area (Å²) < 4.78 is 22.2. The zero-order valence-electron chi connectivity index (χ0n) is 20.3. The highest BCUT2D eigenvalue weighted by Crippen LogP contribution is 2.52. The van der Waals surface area contributed by atoms with Crippen molar-refractivity contribution in [1.82, 2.24) is 4.98 Å². The molecule has 2 heterocycles. The number of carbonyl (C=O) groups excluding carboxylic acids is 1. The number of ketones is 1. The number of benzene rings is 2. The molecular formula is C28H28N2O5. The van der Waals surface area contributed by atoms with Crippen LogP contribution in [0.1, 0.15) is 41.4 Å². The van der Waals surface area contributed by atoms with Crippen molar-refractivity contribution in [3.8, 4) is 23.0 Å². The number of aromatic nitrogens is 1. The molecule has 0 saturated heterocycles. The van der Waals surface area contributed by atoms with Crippen molar-refractivity contribution in [1.29, 1.82) is 0 Å². The van der Waals surface area contributed by atoms with Gasteiger partial charge in [0.25, 0.3) is 0 Å². The summed E-state index contributed by atoms with van der Waals surface area (Å²) in [4.78, 5) is 18.1. The molecule has 0 saturated carbocycles. The molecule has 3 aromatic rings. The summed E-state index contributed by atoms with van der Waals surface area (Å²) in [6.07, 6.45) is 4.65. The van der Waals surface area contributed by atoms with Crippen molar-refractivity contribution < 1.29 is 23.7 Å². The van der Waals surface area contributed by atoms with Gasteiger partial charge in [-0.05, 0) is 41.7 Å². The zero-order valence-corrected chi connectivity index (χ0v) is 20.3. The number of ether oxygens (including phenoxy) is 4. The standard InChI is InChI=1S/C28H28N2O5/c1-32-19-13-21-28(25(14-19)35-4)26(17-6-5-9-29-15-17)27-20(30-21)10-18(11-22(27)31)16-7-8-23(33-2)24(12-16)34-3/h5-9,12-15,18,26,30H,10-11H2,1-4H3. The fraction of sp³-hybridized carbons (Fsp3) is 0.286. The van der Waals surface area contributed by atoms with Crippen LogP contribution in [0.3, 0.4) is 0 Å². The molecule has 0 amide bonds. The third-order valence-corrected chi connectivity index (χ3v) is 6.84. The van der Waals surface area contributed by atoms with Crippen molar-refractivity contribution in [2.45, 2.75) is 24.7 Å². The largest absolute Gasteiger partial charge is 0.497 e. The first-order valence-corrected chi connectivity index (χ1v) is 11.5. The average Bonchev–Trinajstić information content (AvgIpc) is 2.91. The summed E-state index contributed by atoms with van der Waals surface area (Å²) in [6.45, 7) is 0. The van der Waals surface area contributed by atoms with Gasteiger partial charge in [-0.3, -0.25) is 9.78 Å². The maximum Gasteiger partial charge on any atom is 0.162 e. The van der Waals surface area contributed by atoms with Crippen LogP contribution in [0.4, 0.5) is 5.69 Å². The summed E-state index contributed by atoms with van der Waals surface area (Å²) in [7, 11) is 6.50. The van der Waals surface area contributed by atoms with E-state index in [2.05, 4.69) is 10.3 Å². The molecule has 0 fully saturated rings. The minimum atomic E-state index is -0.283. The molecule has 2 unspecified atom stereocenters. The first kappa shape index (κ1) is 22.8. The van der Waals surface area contributed by atoms with Crippen molar-refractivity contribution in [3.63, 3.8) is 0 Å². The van der Waals surface area contributed by atoms with Crippen molar-refractivity contribution in [3.05, 3.63) is 82.8 Å². The Morgan fingerprint density at radius 2 is 1.66 bits per heavy atom. The number of anilines is 1. The highest BCUT2D eigenvalue weighted by molar-refractivity contribution is 6.02. The van der Waals surface area contributed by atoms with Crippen LogP contribution in [0.25, 0.3) is 0 Å². The molecule has 7 heteroatoms. The molecule has 5 rings (SSSR count). The van der Waals surface area contributed by atoms with Crippen LogP contribution in [-0.4, -0.2) is 39.2 Å². The van der Waals surface area contributed by atoms with Gasteiger partial charge >= 0.3 is 0 Å². The van der Waals surface area contributed by atoms with E-state index < -0.39 is 0 Å². The topological polar surface area (TPSA) is 78.9 Å². The summed E-state index contributed by atoms with van der Waals surface area (Å²) in [5, 5.41) is 3.55. The van der Waals surface area contributed by atoms with E-state index in [9.17, 15) is 4.79 Å². The molecule has 7 nitrogen and oxygen atoms in total. The lowest BCUT2D eigenvalue weighted by molar-refractivity contribution is -0.116. The second-order valence-corrected chi connectivity index (χ2v) is 8.67. The predicted molar refractivity (Wildman–Crippen MR) is 133 cm³/mol. The molecule has 2 atom stereocenters. The summed E-state index contributed by atoms with van der Waals surface area (Å²) in [5.41, 5.74) is 5.45. The van der Waals surface area contributed by atoms with Gasteiger partial charge in [0.1, 0.15) is 11.5 Å². The molecule has 1 N–H and O–H groups in total. The van der Waals surface area contributed by atoms with Crippen LogP contribution < -0.4 is 24.3 Å². The second-order valence-electron chi connectivity index (χ2n) is 8.67. The van der Waals surface area contributed by atoms with Gasteiger partial charge in [0, 0.05) is 59.4 Å². The minimum Gasteiger partial charge on any atom is -0.497 e. The predicted octanol–water partition coefficient (Wildman–Crippen LogP) is 5.07. The van der Waals surface area contributed by atoms with E-state index >= 15 is 0 Å². The molecule has 0 bridgehead atoms. The molecule has 1 aliphatic heterocycles. The highest BCUT2D eigenvalue weighted by Gasteiger charge is 2.40. The average molecular weight is 473 g/mol. The van der Waals surface area contributed by atoms with E-state index in [1.54, 1.807) is 34.6 Å².